The lowest BCUT2D eigenvalue weighted by Gasteiger charge is -2.18. The van der Waals surface area contributed by atoms with Gasteiger partial charge in [-0.1, -0.05) is 12.1 Å². The number of nitrogens with zero attached hydrogens (tertiary/aromatic N) is 2. The summed E-state index contributed by atoms with van der Waals surface area (Å²) in [5, 5.41) is 24.7. The molecule has 2 aromatic heterocycles. The molecule has 7 nitrogen and oxygen atoms in total. The van der Waals surface area contributed by atoms with Gasteiger partial charge >= 0.3 is 5.97 Å². The molecule has 0 saturated carbocycles. The summed E-state index contributed by atoms with van der Waals surface area (Å²) < 4.78 is 5.19. The minimum atomic E-state index is -1.17. The van der Waals surface area contributed by atoms with E-state index in [-0.39, 0.29) is 0 Å². The maximum Gasteiger partial charge on any atom is 0.328 e. The van der Waals surface area contributed by atoms with E-state index in [1.54, 1.807) is 14.0 Å². The van der Waals surface area contributed by atoms with E-state index in [0.29, 0.717) is 11.6 Å². The highest BCUT2D eigenvalue weighted by Crippen LogP contribution is 2.37. The molecule has 0 spiro atoms. The van der Waals surface area contributed by atoms with E-state index in [2.05, 4.69) is 15.3 Å². The maximum atomic E-state index is 11.5. The van der Waals surface area contributed by atoms with E-state index in [4.69, 9.17) is 4.74 Å². The molecule has 0 aliphatic heterocycles. The van der Waals surface area contributed by atoms with Crippen molar-refractivity contribution in [2.75, 3.05) is 12.4 Å². The zero-order valence-corrected chi connectivity index (χ0v) is 15.4. The average Bonchev–Trinajstić information content (AvgIpc) is 3.02. The summed E-state index contributed by atoms with van der Waals surface area (Å²) in [6, 6.07) is 6.39. The number of anilines is 1. The summed E-state index contributed by atoms with van der Waals surface area (Å²) in [6.07, 6.45) is -1.08. The van der Waals surface area contributed by atoms with Crippen LogP contribution >= 0.6 is 11.3 Å². The van der Waals surface area contributed by atoms with Gasteiger partial charge in [0.05, 0.1) is 18.6 Å². The van der Waals surface area contributed by atoms with Gasteiger partial charge in [0.1, 0.15) is 22.2 Å². The summed E-state index contributed by atoms with van der Waals surface area (Å²) in [4.78, 5) is 21.0. The number of hydrogen-bond acceptors (Lipinski definition) is 7. The van der Waals surface area contributed by atoms with E-state index in [1.807, 2.05) is 29.6 Å². The molecular formula is C18H19N3O4S. The molecule has 1 aromatic carbocycles. The van der Waals surface area contributed by atoms with E-state index in [1.165, 1.54) is 18.3 Å². The molecule has 0 fully saturated rings. The molecule has 26 heavy (non-hydrogen) atoms. The number of carbonyl (C=O) groups is 1. The van der Waals surface area contributed by atoms with Crippen LogP contribution < -0.4 is 10.1 Å². The minimum Gasteiger partial charge on any atom is -0.497 e. The van der Waals surface area contributed by atoms with Gasteiger partial charge in [-0.2, -0.15) is 0 Å². The van der Waals surface area contributed by atoms with Crippen LogP contribution in [0.15, 0.2) is 29.6 Å². The fourth-order valence-corrected chi connectivity index (χ4v) is 3.66. The molecule has 2 unspecified atom stereocenters. The lowest BCUT2D eigenvalue weighted by Crippen LogP contribution is -2.39. The van der Waals surface area contributed by atoms with Gasteiger partial charge in [0.25, 0.3) is 0 Å². The Kier molecular flexibility index (Phi) is 5.06. The normalized spacial score (nSPS) is 13.4. The SMILES string of the molecule is COc1ccc(-c2csc3nc(C)nc(NC(C(=O)O)C(C)O)c23)cc1. The maximum absolute atomic E-state index is 11.5. The monoisotopic (exact) mass is 373 g/mol. The van der Waals surface area contributed by atoms with Crippen molar-refractivity contribution in [3.63, 3.8) is 0 Å². The Balaban J connectivity index is 2.13. The third kappa shape index (κ3) is 3.47. The van der Waals surface area contributed by atoms with Gasteiger partial charge in [-0.15, -0.1) is 11.3 Å². The largest absolute Gasteiger partial charge is 0.497 e. The number of rotatable bonds is 6. The smallest absolute Gasteiger partial charge is 0.328 e. The first-order chi connectivity index (χ1) is 12.4. The fraction of sp³-hybridized carbons (Fsp3) is 0.278. The predicted octanol–water partition coefficient (Wildman–Crippen LogP) is 2.92. The van der Waals surface area contributed by atoms with Crippen molar-refractivity contribution in [1.29, 1.82) is 0 Å². The lowest BCUT2D eigenvalue weighted by molar-refractivity contribution is -0.140. The first-order valence-corrected chi connectivity index (χ1v) is 8.86. The van der Waals surface area contributed by atoms with Gasteiger partial charge in [0, 0.05) is 10.9 Å². The van der Waals surface area contributed by atoms with Crippen molar-refractivity contribution in [3.05, 3.63) is 35.5 Å². The summed E-state index contributed by atoms with van der Waals surface area (Å²) in [7, 11) is 1.61. The number of methoxy groups -OCH3 is 1. The molecule has 3 N–H and O–H groups in total. The predicted molar refractivity (Wildman–Crippen MR) is 101 cm³/mol. The number of thiophene rings is 1. The van der Waals surface area contributed by atoms with Gasteiger partial charge in [-0.3, -0.25) is 0 Å². The van der Waals surface area contributed by atoms with Gasteiger partial charge in [-0.25, -0.2) is 14.8 Å². The number of ether oxygens (including phenoxy) is 1. The van der Waals surface area contributed by atoms with E-state index in [9.17, 15) is 15.0 Å². The summed E-state index contributed by atoms with van der Waals surface area (Å²) in [5.41, 5.74) is 1.83. The second-order valence-electron chi connectivity index (χ2n) is 5.88. The highest BCUT2D eigenvalue weighted by atomic mass is 32.1. The second kappa shape index (κ2) is 7.27. The minimum absolute atomic E-state index is 0.396. The quantitative estimate of drug-likeness (QED) is 0.610. The summed E-state index contributed by atoms with van der Waals surface area (Å²) >= 11 is 1.46. The molecule has 3 aromatic rings. The molecule has 0 aliphatic rings. The highest BCUT2D eigenvalue weighted by molar-refractivity contribution is 7.17. The van der Waals surface area contributed by atoms with Crippen LogP contribution in [0.2, 0.25) is 0 Å². The molecule has 0 amide bonds. The lowest BCUT2D eigenvalue weighted by atomic mass is 10.1. The van der Waals surface area contributed by atoms with Crippen LogP contribution in [0, 0.1) is 6.92 Å². The molecule has 136 valence electrons. The third-order valence-electron chi connectivity index (χ3n) is 3.99. The van der Waals surface area contributed by atoms with Gasteiger partial charge in [0.15, 0.2) is 6.04 Å². The standard InChI is InChI=1S/C18H19N3O4S/c1-9(22)15(18(23)24)21-16-14-13(8-26-17(14)20-10(2)19-16)11-4-6-12(25-3)7-5-11/h4-9,15,22H,1-3H3,(H,23,24)(H,19,20,21). The summed E-state index contributed by atoms with van der Waals surface area (Å²) in [6.45, 7) is 3.17. The Morgan fingerprint density at radius 1 is 1.27 bits per heavy atom. The first-order valence-electron chi connectivity index (χ1n) is 7.98. The Bertz CT molecular complexity index is 938. The number of aliphatic carboxylic acids is 1. The Hall–Kier alpha value is -2.71. The van der Waals surface area contributed by atoms with Crippen molar-refractivity contribution in [2.24, 2.45) is 0 Å². The number of aliphatic hydroxyl groups is 1. The molecule has 2 atom stereocenters. The van der Waals surface area contributed by atoms with Crippen LogP contribution in [-0.4, -0.2) is 45.4 Å². The first kappa shape index (κ1) is 18.1. The molecule has 0 aliphatic carbocycles. The number of aliphatic hydroxyl groups excluding tert-OH is 1. The zero-order chi connectivity index (χ0) is 18.8. The number of hydrogen-bond donors (Lipinski definition) is 3. The van der Waals surface area contributed by atoms with Gasteiger partial charge in [0.2, 0.25) is 0 Å². The van der Waals surface area contributed by atoms with E-state index >= 15 is 0 Å². The van der Waals surface area contributed by atoms with Crippen LogP contribution in [0.3, 0.4) is 0 Å². The van der Waals surface area contributed by atoms with Crippen LogP contribution in [0.4, 0.5) is 5.82 Å². The van der Waals surface area contributed by atoms with Crippen LogP contribution in [-0.2, 0) is 4.79 Å². The molecular weight excluding hydrogens is 354 g/mol. The van der Waals surface area contributed by atoms with Gasteiger partial charge < -0.3 is 20.3 Å². The number of carboxylic acids is 1. The van der Waals surface area contributed by atoms with Crippen LogP contribution in [0.5, 0.6) is 5.75 Å². The number of benzene rings is 1. The number of aryl methyl sites for hydroxylation is 1. The zero-order valence-electron chi connectivity index (χ0n) is 14.6. The Morgan fingerprint density at radius 2 is 1.96 bits per heavy atom. The van der Waals surface area contributed by atoms with Crippen molar-refractivity contribution >= 4 is 33.3 Å². The van der Waals surface area contributed by atoms with Crippen molar-refractivity contribution < 1.29 is 19.7 Å². The molecule has 0 radical (unpaired) electrons. The molecule has 2 heterocycles. The topological polar surface area (TPSA) is 105 Å². The third-order valence-corrected chi connectivity index (χ3v) is 4.86. The van der Waals surface area contributed by atoms with E-state index in [0.717, 1.165) is 27.1 Å². The fourth-order valence-electron chi connectivity index (χ4n) is 2.67. The number of aromatic nitrogens is 2. The highest BCUT2D eigenvalue weighted by Gasteiger charge is 2.25. The second-order valence-corrected chi connectivity index (χ2v) is 6.74. The molecule has 3 rings (SSSR count). The van der Waals surface area contributed by atoms with Gasteiger partial charge in [-0.05, 0) is 31.5 Å². The molecule has 0 bridgehead atoms. The molecule has 8 heteroatoms. The Morgan fingerprint density at radius 3 is 2.54 bits per heavy atom. The number of nitrogens with one attached hydrogen (secondary N) is 1. The van der Waals surface area contributed by atoms with E-state index < -0.39 is 18.1 Å². The van der Waals surface area contributed by atoms with Crippen molar-refractivity contribution in [1.82, 2.24) is 9.97 Å². The number of carboxylic acid groups (broad SMARTS) is 1. The average molecular weight is 373 g/mol. The number of fused-ring (bicyclic) bond motifs is 1. The van der Waals surface area contributed by atoms with Crippen LogP contribution in [0.1, 0.15) is 12.7 Å². The van der Waals surface area contributed by atoms with Crippen molar-refractivity contribution in [3.8, 4) is 16.9 Å². The summed E-state index contributed by atoms with van der Waals surface area (Å²) in [5.74, 6) is 0.523. The Labute approximate surface area is 154 Å². The molecule has 0 saturated heterocycles. The van der Waals surface area contributed by atoms with Crippen LogP contribution in [0.25, 0.3) is 21.3 Å². The van der Waals surface area contributed by atoms with Crippen molar-refractivity contribution in [2.45, 2.75) is 26.0 Å².